The molecule has 3 N–H and O–H groups in total. The highest BCUT2D eigenvalue weighted by Crippen LogP contribution is 2.12. The zero-order valence-electron chi connectivity index (χ0n) is 11.7. The minimum atomic E-state index is -1.10. The van der Waals surface area contributed by atoms with Gasteiger partial charge in [0.15, 0.2) is 6.29 Å². The molecule has 0 bridgehead atoms. The summed E-state index contributed by atoms with van der Waals surface area (Å²) in [7, 11) is 0. The molecule has 0 saturated carbocycles. The molecule has 0 amide bonds. The second-order valence-corrected chi connectivity index (χ2v) is 4.26. The van der Waals surface area contributed by atoms with E-state index in [4.69, 9.17) is 29.5 Å². The number of hydrogen-bond acceptors (Lipinski definition) is 6. The lowest BCUT2D eigenvalue weighted by Crippen LogP contribution is -2.06. The lowest BCUT2D eigenvalue weighted by atomic mass is 10.3. The van der Waals surface area contributed by atoms with E-state index in [1.54, 1.807) is 0 Å². The van der Waals surface area contributed by atoms with E-state index in [0.717, 1.165) is 38.9 Å². The number of carbonyl (C=O) groups is 1. The first-order valence-corrected chi connectivity index (χ1v) is 6.52. The number of aliphatic hydroxyl groups is 2. The number of carboxylic acids is 1. The topological polar surface area (TPSA) is 112 Å². The first-order chi connectivity index (χ1) is 9.49. The van der Waals surface area contributed by atoms with Gasteiger partial charge in [-0.05, 0) is 6.42 Å². The Kier molecular flexibility index (Phi) is 11.2. The molecule has 7 nitrogen and oxygen atoms in total. The third-order valence-corrected chi connectivity index (χ3v) is 2.13. The molecule has 2 unspecified atom stereocenters. The molecular weight excluding hydrogens is 268 g/mol. The molecule has 2 fully saturated rings. The first kappa shape index (κ1) is 19.0. The number of hydrogen-bond donors (Lipinski definition) is 3. The Labute approximate surface area is 118 Å². The van der Waals surface area contributed by atoms with E-state index in [2.05, 4.69) is 6.58 Å². The highest BCUT2D eigenvalue weighted by molar-refractivity contribution is 5.78. The van der Waals surface area contributed by atoms with E-state index < -0.39 is 12.3 Å². The third kappa shape index (κ3) is 17.0. The van der Waals surface area contributed by atoms with Gasteiger partial charge in [0, 0.05) is 6.08 Å². The molecule has 2 heterocycles. The van der Waals surface area contributed by atoms with Crippen molar-refractivity contribution in [1.82, 2.24) is 0 Å². The van der Waals surface area contributed by atoms with Gasteiger partial charge < -0.3 is 29.5 Å². The number of aliphatic carboxylic acids is 1. The van der Waals surface area contributed by atoms with Crippen LogP contribution in [-0.4, -0.2) is 66.2 Å². The van der Waals surface area contributed by atoms with Crippen LogP contribution in [0.2, 0.25) is 0 Å². The van der Waals surface area contributed by atoms with Crippen LogP contribution in [0.25, 0.3) is 0 Å². The largest absolute Gasteiger partial charge is 0.478 e. The van der Waals surface area contributed by atoms with Crippen LogP contribution in [0.1, 0.15) is 19.8 Å². The van der Waals surface area contributed by atoms with Crippen molar-refractivity contribution in [1.29, 1.82) is 0 Å². The predicted molar refractivity (Wildman–Crippen MR) is 71.3 cm³/mol. The van der Waals surface area contributed by atoms with Gasteiger partial charge in [-0.15, -0.1) is 0 Å². The zero-order valence-corrected chi connectivity index (χ0v) is 11.7. The summed E-state index contributed by atoms with van der Waals surface area (Å²) in [6.07, 6.45) is 1.83. The highest BCUT2D eigenvalue weighted by atomic mass is 16.6. The Morgan fingerprint density at radius 1 is 1.35 bits per heavy atom. The fourth-order valence-electron chi connectivity index (χ4n) is 0.918. The Hall–Kier alpha value is -0.990. The molecule has 2 aliphatic heterocycles. The molecule has 118 valence electrons. The van der Waals surface area contributed by atoms with Crippen LogP contribution in [0.15, 0.2) is 12.7 Å². The molecule has 2 saturated heterocycles. The van der Waals surface area contributed by atoms with Crippen LogP contribution in [0.4, 0.5) is 0 Å². The lowest BCUT2D eigenvalue weighted by molar-refractivity contribution is -0.131. The van der Waals surface area contributed by atoms with E-state index >= 15 is 0 Å². The van der Waals surface area contributed by atoms with E-state index in [0.29, 0.717) is 18.6 Å². The van der Waals surface area contributed by atoms with E-state index in [1.807, 2.05) is 6.92 Å². The Morgan fingerprint density at radius 3 is 1.90 bits per heavy atom. The summed E-state index contributed by atoms with van der Waals surface area (Å²) in [5.41, 5.74) is 0. The predicted octanol–water partition coefficient (Wildman–Crippen LogP) is 0.155. The van der Waals surface area contributed by atoms with Crippen molar-refractivity contribution in [3.63, 3.8) is 0 Å². The normalized spacial score (nSPS) is 22.0. The van der Waals surface area contributed by atoms with Gasteiger partial charge >= 0.3 is 5.97 Å². The first-order valence-electron chi connectivity index (χ1n) is 6.52. The molecule has 0 spiro atoms. The van der Waals surface area contributed by atoms with Crippen LogP contribution in [0, 0.1) is 0 Å². The summed E-state index contributed by atoms with van der Waals surface area (Å²) < 4.78 is 15.1. The second kappa shape index (κ2) is 11.8. The molecular formula is C13H24O7. The number of carboxylic acid groups (broad SMARTS) is 1. The monoisotopic (exact) mass is 292 g/mol. The SMILES string of the molecule is C(OCC1CO1)C1CO1.C=CC(=O)O.CCCC(O)O. The number of epoxide rings is 2. The van der Waals surface area contributed by atoms with Crippen molar-refractivity contribution in [3.05, 3.63) is 12.7 Å². The van der Waals surface area contributed by atoms with Gasteiger partial charge in [0.05, 0.1) is 26.4 Å². The van der Waals surface area contributed by atoms with Crippen molar-refractivity contribution >= 4 is 5.97 Å². The highest BCUT2D eigenvalue weighted by Gasteiger charge is 2.26. The van der Waals surface area contributed by atoms with E-state index in [-0.39, 0.29) is 0 Å². The van der Waals surface area contributed by atoms with Crippen LogP contribution < -0.4 is 0 Å². The quantitative estimate of drug-likeness (QED) is 0.348. The zero-order chi connectivity index (χ0) is 15.4. The van der Waals surface area contributed by atoms with E-state index in [9.17, 15) is 4.79 Å². The van der Waals surface area contributed by atoms with Crippen LogP contribution >= 0.6 is 0 Å². The third-order valence-electron chi connectivity index (χ3n) is 2.13. The summed E-state index contributed by atoms with van der Waals surface area (Å²) in [5.74, 6) is -0.981. The van der Waals surface area contributed by atoms with Gasteiger partial charge in [0.2, 0.25) is 0 Å². The Bertz CT molecular complexity index is 247. The maximum absolute atomic E-state index is 9.25. The molecule has 7 heteroatoms. The fraction of sp³-hybridized carbons (Fsp3) is 0.769. The van der Waals surface area contributed by atoms with E-state index in [1.165, 1.54) is 0 Å². The molecule has 0 aromatic carbocycles. The molecule has 2 aliphatic rings. The summed E-state index contributed by atoms with van der Waals surface area (Å²) in [6.45, 7) is 8.12. The van der Waals surface area contributed by atoms with Crippen molar-refractivity contribution in [3.8, 4) is 0 Å². The minimum Gasteiger partial charge on any atom is -0.478 e. The van der Waals surface area contributed by atoms with Crippen molar-refractivity contribution in [2.45, 2.75) is 38.3 Å². The average Bonchev–Trinajstić information content (AvgIpc) is 3.25. The maximum atomic E-state index is 9.25. The van der Waals surface area contributed by atoms with Gasteiger partial charge in [-0.1, -0.05) is 19.9 Å². The maximum Gasteiger partial charge on any atom is 0.327 e. The van der Waals surface area contributed by atoms with Gasteiger partial charge in [-0.2, -0.15) is 0 Å². The van der Waals surface area contributed by atoms with Crippen molar-refractivity contribution < 1.29 is 34.3 Å². The summed E-state index contributed by atoms with van der Waals surface area (Å²) in [5, 5.41) is 23.8. The fourth-order valence-corrected chi connectivity index (χ4v) is 0.918. The standard InChI is InChI=1S/C6H10O3.C4H10O2.C3H4O2/c1(5-3-8-5)7-2-6-4-9-6;1-2-3-4(5)6;1-2-3(4)5/h5-6H,1-4H2;4-6H,2-3H2,1H3;2H,1H2,(H,4,5). The molecule has 2 atom stereocenters. The van der Waals surface area contributed by atoms with Gasteiger partial charge in [0.25, 0.3) is 0 Å². The van der Waals surface area contributed by atoms with Crippen LogP contribution in [0.5, 0.6) is 0 Å². The van der Waals surface area contributed by atoms with Gasteiger partial charge in [-0.3, -0.25) is 0 Å². The summed E-state index contributed by atoms with van der Waals surface area (Å²) >= 11 is 0. The lowest BCUT2D eigenvalue weighted by Gasteiger charge is -1.95. The molecule has 0 aliphatic carbocycles. The number of aliphatic hydroxyl groups excluding tert-OH is 1. The smallest absolute Gasteiger partial charge is 0.327 e. The van der Waals surface area contributed by atoms with Gasteiger partial charge in [0.1, 0.15) is 12.2 Å². The molecule has 20 heavy (non-hydrogen) atoms. The van der Waals surface area contributed by atoms with Crippen molar-refractivity contribution in [2.24, 2.45) is 0 Å². The Morgan fingerprint density at radius 2 is 1.75 bits per heavy atom. The Balaban J connectivity index is 0.000000291. The molecule has 2 rings (SSSR count). The molecule has 0 aromatic rings. The summed E-state index contributed by atoms with van der Waals surface area (Å²) in [6, 6.07) is 0. The van der Waals surface area contributed by atoms with Crippen molar-refractivity contribution in [2.75, 3.05) is 26.4 Å². The number of ether oxygens (including phenoxy) is 3. The van der Waals surface area contributed by atoms with Crippen LogP contribution in [0.3, 0.4) is 0 Å². The molecule has 0 radical (unpaired) electrons. The number of rotatable bonds is 7. The van der Waals surface area contributed by atoms with Gasteiger partial charge in [-0.25, -0.2) is 4.79 Å². The molecule has 0 aromatic heterocycles. The second-order valence-electron chi connectivity index (χ2n) is 4.26. The average molecular weight is 292 g/mol. The minimum absolute atomic E-state index is 0.392. The summed E-state index contributed by atoms with van der Waals surface area (Å²) in [4.78, 5) is 9.25. The van der Waals surface area contributed by atoms with Crippen LogP contribution in [-0.2, 0) is 19.0 Å².